The van der Waals surface area contributed by atoms with Crippen LogP contribution in [0.2, 0.25) is 5.02 Å². The van der Waals surface area contributed by atoms with E-state index >= 15 is 0 Å². The molecule has 0 unspecified atom stereocenters. The summed E-state index contributed by atoms with van der Waals surface area (Å²) in [5.41, 5.74) is 1.48. The number of rotatable bonds is 12. The Labute approximate surface area is 229 Å². The van der Waals surface area contributed by atoms with Crippen molar-refractivity contribution in [1.29, 1.82) is 0 Å². The maximum Gasteiger partial charge on any atom is 0.408 e. The molecule has 0 saturated heterocycles. The van der Waals surface area contributed by atoms with Crippen LogP contribution < -0.4 is 15.5 Å². The molecule has 3 rings (SSSR count). The molecule has 2 aromatic carbocycles. The van der Waals surface area contributed by atoms with E-state index in [9.17, 15) is 19.2 Å². The quantitative estimate of drug-likeness (QED) is 0.367. The molecule has 0 bridgehead atoms. The van der Waals surface area contributed by atoms with Crippen LogP contribution >= 0.6 is 11.6 Å². The summed E-state index contributed by atoms with van der Waals surface area (Å²) in [5.74, 6) is -0.335. The Hall–Kier alpha value is -3.39. The number of alkyl carbamates (subject to hydrolysis) is 1. The van der Waals surface area contributed by atoms with Gasteiger partial charge in [-0.15, -0.1) is 0 Å². The molecule has 1 saturated carbocycles. The molecule has 0 aromatic heterocycles. The Bertz CT molecular complexity index is 1070. The zero-order valence-electron chi connectivity index (χ0n) is 21.7. The highest BCUT2D eigenvalue weighted by Gasteiger charge is 2.28. The number of carbonyl (C=O) groups is 4. The average Bonchev–Trinajstić information content (AvgIpc) is 2.94. The number of anilines is 1. The van der Waals surface area contributed by atoms with Crippen molar-refractivity contribution in [3.8, 4) is 0 Å². The van der Waals surface area contributed by atoms with Gasteiger partial charge in [0.25, 0.3) is 0 Å². The summed E-state index contributed by atoms with van der Waals surface area (Å²) in [7, 11) is 1.67. The zero-order valence-corrected chi connectivity index (χ0v) is 22.5. The van der Waals surface area contributed by atoms with Gasteiger partial charge < -0.3 is 25.1 Å². The molecule has 1 aliphatic carbocycles. The van der Waals surface area contributed by atoms with Gasteiger partial charge in [0.15, 0.2) is 0 Å². The molecular weight excluding hydrogens is 506 g/mol. The SMILES string of the molecule is CN(C(=O)CC[C@@H](C=O)NC(=O)[C@H](CC1CCCCC1)NC(=O)OCc1cccc(Cl)c1)c1ccccc1. The number of benzene rings is 2. The van der Waals surface area contributed by atoms with Crippen LogP contribution in [-0.2, 0) is 25.7 Å². The molecule has 38 heavy (non-hydrogen) atoms. The number of nitrogens with zero attached hydrogens (tertiary/aromatic N) is 1. The summed E-state index contributed by atoms with van der Waals surface area (Å²) >= 11 is 5.99. The maximum atomic E-state index is 13.2. The second-order valence-corrected chi connectivity index (χ2v) is 10.2. The number of hydrogen-bond donors (Lipinski definition) is 2. The van der Waals surface area contributed by atoms with Crippen molar-refractivity contribution in [2.45, 2.75) is 70.1 Å². The molecule has 0 aliphatic heterocycles. The molecule has 0 heterocycles. The van der Waals surface area contributed by atoms with E-state index in [1.54, 1.807) is 31.3 Å². The fourth-order valence-electron chi connectivity index (χ4n) is 4.65. The van der Waals surface area contributed by atoms with E-state index < -0.39 is 24.1 Å². The minimum absolute atomic E-state index is 0.0121. The van der Waals surface area contributed by atoms with Gasteiger partial charge in [0.1, 0.15) is 18.9 Å². The predicted octanol–water partition coefficient (Wildman–Crippen LogP) is 5.03. The summed E-state index contributed by atoms with van der Waals surface area (Å²) in [6, 6.07) is 14.5. The van der Waals surface area contributed by atoms with E-state index in [-0.39, 0.29) is 25.4 Å². The van der Waals surface area contributed by atoms with Gasteiger partial charge in [0, 0.05) is 24.2 Å². The number of amides is 3. The van der Waals surface area contributed by atoms with E-state index in [2.05, 4.69) is 10.6 Å². The molecule has 204 valence electrons. The molecule has 1 aliphatic rings. The monoisotopic (exact) mass is 541 g/mol. The third-order valence-electron chi connectivity index (χ3n) is 6.84. The normalized spacial score (nSPS) is 15.1. The third kappa shape index (κ3) is 9.49. The van der Waals surface area contributed by atoms with Crippen LogP contribution in [0.4, 0.5) is 10.5 Å². The van der Waals surface area contributed by atoms with Crippen molar-refractivity contribution in [2.75, 3.05) is 11.9 Å². The zero-order chi connectivity index (χ0) is 27.3. The topological polar surface area (TPSA) is 105 Å². The van der Waals surface area contributed by atoms with Crippen LogP contribution in [0.5, 0.6) is 0 Å². The van der Waals surface area contributed by atoms with Gasteiger partial charge in [-0.25, -0.2) is 4.79 Å². The van der Waals surface area contributed by atoms with Gasteiger partial charge in [-0.3, -0.25) is 9.59 Å². The Kier molecular flexibility index (Phi) is 11.6. The molecular formula is C29H36ClN3O5. The van der Waals surface area contributed by atoms with Crippen molar-refractivity contribution in [1.82, 2.24) is 10.6 Å². The average molecular weight is 542 g/mol. The van der Waals surface area contributed by atoms with Crippen LogP contribution in [0, 0.1) is 5.92 Å². The van der Waals surface area contributed by atoms with Gasteiger partial charge >= 0.3 is 6.09 Å². The largest absolute Gasteiger partial charge is 0.445 e. The summed E-state index contributed by atoms with van der Waals surface area (Å²) in [6.45, 7) is 0.0121. The first kappa shape index (κ1) is 29.2. The van der Waals surface area contributed by atoms with Crippen LogP contribution in [0.1, 0.15) is 56.9 Å². The molecule has 1 fully saturated rings. The molecule has 3 amide bonds. The minimum atomic E-state index is -0.853. The second-order valence-electron chi connectivity index (χ2n) is 9.72. The van der Waals surface area contributed by atoms with E-state index in [0.29, 0.717) is 23.6 Å². The standard InChI is InChI=1S/C29H36ClN3O5/c1-33(25-13-6-3-7-14-25)27(35)16-15-24(19-34)31-28(36)26(18-21-9-4-2-5-10-21)32-29(37)38-20-22-11-8-12-23(30)17-22/h3,6-8,11-14,17,19,21,24,26H,2,4-5,9-10,15-16,18,20H2,1H3,(H,31,36)(H,32,37)/t24-,26-/m0/s1. The Morgan fingerprint density at radius 2 is 1.79 bits per heavy atom. The van der Waals surface area contributed by atoms with Crippen molar-refractivity contribution in [2.24, 2.45) is 5.92 Å². The summed E-state index contributed by atoms with van der Waals surface area (Å²) in [4.78, 5) is 51.6. The Morgan fingerprint density at radius 3 is 2.47 bits per heavy atom. The summed E-state index contributed by atoms with van der Waals surface area (Å²) < 4.78 is 5.32. The molecule has 2 aromatic rings. The van der Waals surface area contributed by atoms with Crippen molar-refractivity contribution in [3.63, 3.8) is 0 Å². The van der Waals surface area contributed by atoms with Gasteiger partial charge in [-0.05, 0) is 48.6 Å². The highest BCUT2D eigenvalue weighted by Crippen LogP contribution is 2.27. The lowest BCUT2D eigenvalue weighted by molar-refractivity contribution is -0.126. The molecule has 8 nitrogen and oxygen atoms in total. The van der Waals surface area contributed by atoms with E-state index in [4.69, 9.17) is 16.3 Å². The van der Waals surface area contributed by atoms with Crippen LogP contribution in [-0.4, -0.2) is 43.3 Å². The number of para-hydroxylation sites is 1. The summed E-state index contributed by atoms with van der Waals surface area (Å²) in [5, 5.41) is 5.93. The van der Waals surface area contributed by atoms with Crippen molar-refractivity contribution in [3.05, 3.63) is 65.2 Å². The number of nitrogens with one attached hydrogen (secondary N) is 2. The first-order chi connectivity index (χ1) is 18.4. The predicted molar refractivity (Wildman–Crippen MR) is 147 cm³/mol. The fourth-order valence-corrected chi connectivity index (χ4v) is 4.86. The summed E-state index contributed by atoms with van der Waals surface area (Å²) in [6.07, 6.45) is 5.92. The van der Waals surface area contributed by atoms with Crippen LogP contribution in [0.25, 0.3) is 0 Å². The number of halogens is 1. The Balaban J connectivity index is 1.56. The van der Waals surface area contributed by atoms with Crippen molar-refractivity contribution < 1.29 is 23.9 Å². The van der Waals surface area contributed by atoms with Crippen LogP contribution in [0.3, 0.4) is 0 Å². The van der Waals surface area contributed by atoms with E-state index in [1.165, 1.54) is 11.3 Å². The van der Waals surface area contributed by atoms with E-state index in [0.717, 1.165) is 36.9 Å². The molecule has 2 N–H and O–H groups in total. The fraction of sp³-hybridized carbons (Fsp3) is 0.448. The molecule has 0 radical (unpaired) electrons. The first-order valence-corrected chi connectivity index (χ1v) is 13.5. The third-order valence-corrected chi connectivity index (χ3v) is 7.08. The number of carbonyl (C=O) groups excluding carboxylic acids is 4. The smallest absolute Gasteiger partial charge is 0.408 e. The van der Waals surface area contributed by atoms with Crippen molar-refractivity contribution >= 4 is 41.5 Å². The molecule has 2 atom stereocenters. The minimum Gasteiger partial charge on any atom is -0.445 e. The number of aldehydes is 1. The van der Waals surface area contributed by atoms with E-state index in [1.807, 2.05) is 30.3 Å². The van der Waals surface area contributed by atoms with Gasteiger partial charge in [-0.1, -0.05) is 74.0 Å². The highest BCUT2D eigenvalue weighted by atomic mass is 35.5. The van der Waals surface area contributed by atoms with Gasteiger partial charge in [0.05, 0.1) is 6.04 Å². The Morgan fingerprint density at radius 1 is 1.05 bits per heavy atom. The number of ether oxygens (including phenoxy) is 1. The van der Waals surface area contributed by atoms with Gasteiger partial charge in [0.2, 0.25) is 11.8 Å². The lowest BCUT2D eigenvalue weighted by Crippen LogP contribution is -2.51. The van der Waals surface area contributed by atoms with Gasteiger partial charge in [-0.2, -0.15) is 0 Å². The second kappa shape index (κ2) is 15.1. The number of hydrogen-bond acceptors (Lipinski definition) is 5. The molecule has 9 heteroatoms. The molecule has 0 spiro atoms. The highest BCUT2D eigenvalue weighted by molar-refractivity contribution is 6.30. The maximum absolute atomic E-state index is 13.2. The van der Waals surface area contributed by atoms with Crippen LogP contribution in [0.15, 0.2) is 54.6 Å². The lowest BCUT2D eigenvalue weighted by Gasteiger charge is -2.27. The first-order valence-electron chi connectivity index (χ1n) is 13.1. The lowest BCUT2D eigenvalue weighted by atomic mass is 9.84.